The summed E-state index contributed by atoms with van der Waals surface area (Å²) in [4.78, 5) is 23.5. The molecule has 8 heteroatoms. The van der Waals surface area contributed by atoms with Gasteiger partial charge in [-0.25, -0.2) is 17.6 Å². The second-order valence-corrected chi connectivity index (χ2v) is 4.67. The van der Waals surface area contributed by atoms with E-state index in [4.69, 9.17) is 0 Å². The van der Waals surface area contributed by atoms with Crippen LogP contribution < -0.4 is 0 Å². The lowest BCUT2D eigenvalue weighted by atomic mass is 9.74. The summed E-state index contributed by atoms with van der Waals surface area (Å²) in [6.07, 6.45) is -8.89. The zero-order chi connectivity index (χ0) is 16.9. The predicted octanol–water partition coefficient (Wildman–Crippen LogP) is 2.04. The zero-order valence-corrected chi connectivity index (χ0v) is 11.6. The van der Waals surface area contributed by atoms with E-state index in [0.717, 1.165) is 12.2 Å². The normalized spacial score (nSPS) is 34.5. The summed E-state index contributed by atoms with van der Waals surface area (Å²) >= 11 is 0. The summed E-state index contributed by atoms with van der Waals surface area (Å²) in [6.45, 7) is 5.82. The van der Waals surface area contributed by atoms with Crippen LogP contribution in [0.2, 0.25) is 0 Å². The second-order valence-electron chi connectivity index (χ2n) is 4.67. The summed E-state index contributed by atoms with van der Waals surface area (Å²) < 4.78 is 63.9. The SMILES string of the molecule is C=CCOC(=O)C1C(F)C(F)C(F)C(F)C1C(=O)OCC=C. The van der Waals surface area contributed by atoms with Crippen molar-refractivity contribution in [2.75, 3.05) is 13.2 Å². The summed E-state index contributed by atoms with van der Waals surface area (Å²) in [5, 5.41) is 0. The topological polar surface area (TPSA) is 52.6 Å². The molecule has 0 radical (unpaired) electrons. The van der Waals surface area contributed by atoms with Crippen molar-refractivity contribution in [1.82, 2.24) is 0 Å². The summed E-state index contributed by atoms with van der Waals surface area (Å²) in [6, 6.07) is 0. The van der Waals surface area contributed by atoms with Gasteiger partial charge in [-0.15, -0.1) is 0 Å². The number of carbonyl (C=O) groups is 2. The molecule has 0 spiro atoms. The number of esters is 2. The van der Waals surface area contributed by atoms with Gasteiger partial charge in [0.15, 0.2) is 12.3 Å². The Morgan fingerprint density at radius 1 is 0.773 bits per heavy atom. The molecule has 6 atom stereocenters. The third-order valence-electron chi connectivity index (χ3n) is 3.22. The molecule has 1 fully saturated rings. The summed E-state index contributed by atoms with van der Waals surface area (Å²) in [5.41, 5.74) is 0. The standard InChI is InChI=1S/C14H16F4O4/c1-3-5-21-13(19)7-8(14(20)22-6-4-2)10(16)12(18)11(17)9(7)15/h3-4,7-12H,1-2,5-6H2. The molecule has 1 rings (SSSR count). The van der Waals surface area contributed by atoms with Crippen LogP contribution in [0.5, 0.6) is 0 Å². The summed E-state index contributed by atoms with van der Waals surface area (Å²) in [5.74, 6) is -6.97. The second kappa shape index (κ2) is 7.95. The highest BCUT2D eigenvalue weighted by atomic mass is 19.2. The molecule has 4 nitrogen and oxygen atoms in total. The first-order valence-electron chi connectivity index (χ1n) is 6.48. The van der Waals surface area contributed by atoms with Crippen LogP contribution in [0, 0.1) is 11.8 Å². The van der Waals surface area contributed by atoms with E-state index in [-0.39, 0.29) is 13.2 Å². The lowest BCUT2D eigenvalue weighted by Crippen LogP contribution is -2.57. The van der Waals surface area contributed by atoms with Gasteiger partial charge in [0.1, 0.15) is 37.4 Å². The molecule has 1 aliphatic carbocycles. The Bertz CT molecular complexity index is 403. The maximum Gasteiger partial charge on any atom is 0.313 e. The highest BCUT2D eigenvalue weighted by Crippen LogP contribution is 2.39. The van der Waals surface area contributed by atoms with Crippen LogP contribution in [0.25, 0.3) is 0 Å². The van der Waals surface area contributed by atoms with Gasteiger partial charge < -0.3 is 9.47 Å². The molecule has 0 aromatic carbocycles. The van der Waals surface area contributed by atoms with Gasteiger partial charge in [-0.2, -0.15) is 0 Å². The van der Waals surface area contributed by atoms with Gasteiger partial charge >= 0.3 is 11.9 Å². The monoisotopic (exact) mass is 324 g/mol. The van der Waals surface area contributed by atoms with E-state index in [2.05, 4.69) is 22.6 Å². The molecule has 124 valence electrons. The molecular weight excluding hydrogens is 308 g/mol. The van der Waals surface area contributed by atoms with Crippen LogP contribution in [0.3, 0.4) is 0 Å². The third kappa shape index (κ3) is 3.66. The van der Waals surface area contributed by atoms with E-state index in [1.54, 1.807) is 0 Å². The molecular formula is C14H16F4O4. The van der Waals surface area contributed by atoms with Crippen molar-refractivity contribution in [2.24, 2.45) is 11.8 Å². The van der Waals surface area contributed by atoms with Gasteiger partial charge in [0.05, 0.1) is 0 Å². The van der Waals surface area contributed by atoms with E-state index >= 15 is 0 Å². The molecule has 0 aromatic rings. The number of hydrogen-bond donors (Lipinski definition) is 0. The van der Waals surface area contributed by atoms with Crippen molar-refractivity contribution < 1.29 is 36.6 Å². The average molecular weight is 324 g/mol. The number of halogens is 4. The lowest BCUT2D eigenvalue weighted by molar-refractivity contribution is -0.177. The first kappa shape index (κ1) is 18.2. The minimum absolute atomic E-state index is 0.344. The Hall–Kier alpha value is -1.86. The van der Waals surface area contributed by atoms with Crippen molar-refractivity contribution in [3.63, 3.8) is 0 Å². The Labute approximate surface area is 124 Å². The van der Waals surface area contributed by atoms with Crippen molar-refractivity contribution >= 4 is 11.9 Å². The van der Waals surface area contributed by atoms with Gasteiger partial charge in [-0.1, -0.05) is 25.3 Å². The van der Waals surface area contributed by atoms with Gasteiger partial charge in [0, 0.05) is 0 Å². The smallest absolute Gasteiger partial charge is 0.313 e. The molecule has 0 aliphatic heterocycles. The highest BCUT2D eigenvalue weighted by molar-refractivity contribution is 5.83. The van der Waals surface area contributed by atoms with Crippen molar-refractivity contribution in [3.8, 4) is 0 Å². The lowest BCUT2D eigenvalue weighted by Gasteiger charge is -2.37. The molecule has 0 bridgehead atoms. The maximum absolute atomic E-state index is 13.9. The van der Waals surface area contributed by atoms with Crippen LogP contribution in [0.4, 0.5) is 17.6 Å². The van der Waals surface area contributed by atoms with Crippen molar-refractivity contribution in [2.45, 2.75) is 24.7 Å². The van der Waals surface area contributed by atoms with Crippen molar-refractivity contribution in [3.05, 3.63) is 25.3 Å². The van der Waals surface area contributed by atoms with E-state index in [1.165, 1.54) is 0 Å². The fourth-order valence-electron chi connectivity index (χ4n) is 2.17. The largest absolute Gasteiger partial charge is 0.461 e. The Kier molecular flexibility index (Phi) is 6.58. The number of alkyl halides is 4. The Balaban J connectivity index is 3.06. The van der Waals surface area contributed by atoms with Gasteiger partial charge in [0.25, 0.3) is 0 Å². The molecule has 1 saturated carbocycles. The van der Waals surface area contributed by atoms with E-state index in [0.29, 0.717) is 0 Å². The third-order valence-corrected chi connectivity index (χ3v) is 3.22. The molecule has 0 amide bonds. The summed E-state index contributed by atoms with van der Waals surface area (Å²) in [7, 11) is 0. The maximum atomic E-state index is 13.9. The van der Waals surface area contributed by atoms with Crippen LogP contribution in [-0.4, -0.2) is 49.8 Å². The minimum atomic E-state index is -2.88. The molecule has 22 heavy (non-hydrogen) atoms. The Morgan fingerprint density at radius 2 is 1.09 bits per heavy atom. The van der Waals surface area contributed by atoms with Gasteiger partial charge in [0.2, 0.25) is 0 Å². The number of carbonyl (C=O) groups excluding carboxylic acids is 2. The molecule has 0 saturated heterocycles. The van der Waals surface area contributed by atoms with Crippen LogP contribution in [-0.2, 0) is 19.1 Å². The minimum Gasteiger partial charge on any atom is -0.461 e. The highest BCUT2D eigenvalue weighted by Gasteiger charge is 2.59. The van der Waals surface area contributed by atoms with E-state index < -0.39 is 48.5 Å². The molecule has 6 unspecified atom stereocenters. The average Bonchev–Trinajstić information content (AvgIpc) is 2.51. The fraction of sp³-hybridized carbons (Fsp3) is 0.571. The van der Waals surface area contributed by atoms with Gasteiger partial charge in [-0.3, -0.25) is 9.59 Å². The molecule has 0 aromatic heterocycles. The number of ether oxygens (including phenoxy) is 2. The van der Waals surface area contributed by atoms with Crippen LogP contribution in [0.1, 0.15) is 0 Å². The number of rotatable bonds is 6. The molecule has 1 aliphatic rings. The molecule has 0 N–H and O–H groups in total. The van der Waals surface area contributed by atoms with Crippen LogP contribution >= 0.6 is 0 Å². The van der Waals surface area contributed by atoms with E-state index in [9.17, 15) is 27.2 Å². The fourth-order valence-corrected chi connectivity index (χ4v) is 2.17. The quantitative estimate of drug-likeness (QED) is 0.426. The first-order valence-corrected chi connectivity index (χ1v) is 6.48. The van der Waals surface area contributed by atoms with Gasteiger partial charge in [-0.05, 0) is 0 Å². The number of hydrogen-bond acceptors (Lipinski definition) is 4. The van der Waals surface area contributed by atoms with E-state index in [1.807, 2.05) is 0 Å². The van der Waals surface area contributed by atoms with Crippen molar-refractivity contribution in [1.29, 1.82) is 0 Å². The van der Waals surface area contributed by atoms with Crippen LogP contribution in [0.15, 0.2) is 25.3 Å². The predicted molar refractivity (Wildman–Crippen MR) is 68.9 cm³/mol. The zero-order valence-electron chi connectivity index (χ0n) is 11.6. The molecule has 0 heterocycles. The first-order chi connectivity index (χ1) is 10.4. The Morgan fingerprint density at radius 3 is 1.36 bits per heavy atom.